The summed E-state index contributed by atoms with van der Waals surface area (Å²) in [6, 6.07) is 22.3. The second-order valence-corrected chi connectivity index (χ2v) is 10.1. The van der Waals surface area contributed by atoms with Gasteiger partial charge in [-0.05, 0) is 35.9 Å². The molecule has 0 amide bonds. The number of hydrogen-bond acceptors (Lipinski definition) is 5. The van der Waals surface area contributed by atoms with Gasteiger partial charge in [-0.15, -0.1) is 0 Å². The van der Waals surface area contributed by atoms with Crippen molar-refractivity contribution in [3.63, 3.8) is 0 Å². The Morgan fingerprint density at radius 3 is 2.57 bits per heavy atom. The minimum atomic E-state index is -3.47. The van der Waals surface area contributed by atoms with E-state index in [4.69, 9.17) is 16.1 Å². The number of sulfonamides is 1. The van der Waals surface area contributed by atoms with E-state index in [2.05, 4.69) is 14.7 Å². The number of aromatic nitrogens is 4. The second-order valence-electron chi connectivity index (χ2n) is 8.31. The summed E-state index contributed by atoms with van der Waals surface area (Å²) in [5.41, 5.74) is 10.3. The number of rotatable bonds is 9. The van der Waals surface area contributed by atoms with Gasteiger partial charge in [0.1, 0.15) is 17.5 Å². The highest BCUT2D eigenvalue weighted by atomic mass is 32.2. The van der Waals surface area contributed by atoms with E-state index in [1.54, 1.807) is 24.3 Å². The first-order valence-corrected chi connectivity index (χ1v) is 12.8. The van der Waals surface area contributed by atoms with Crippen molar-refractivity contribution in [2.24, 2.45) is 5.73 Å². The van der Waals surface area contributed by atoms with E-state index in [9.17, 15) is 8.42 Å². The van der Waals surface area contributed by atoms with Crippen LogP contribution in [0.1, 0.15) is 22.8 Å². The number of amidine groups is 1. The molecule has 9 nitrogen and oxygen atoms in total. The van der Waals surface area contributed by atoms with Gasteiger partial charge in [-0.3, -0.25) is 5.41 Å². The standard InChI is InChI=1S/C25H25N7O2S/c26-25(27)18-10-11-19-21(14-18)30-23(29-19)15-24-31-20-8-4-5-9-22(20)32(24)13-12-28-35(33,34)16-17-6-2-1-3-7-17/h1-11,14,28H,12-13,15-16H2,(H3,26,27)(H,29,30). The molecule has 0 unspecified atom stereocenters. The van der Waals surface area contributed by atoms with Crippen LogP contribution in [0.15, 0.2) is 72.8 Å². The summed E-state index contributed by atoms with van der Waals surface area (Å²) in [7, 11) is -3.47. The predicted octanol–water partition coefficient (Wildman–Crippen LogP) is 2.91. The van der Waals surface area contributed by atoms with E-state index in [0.717, 1.165) is 39.3 Å². The van der Waals surface area contributed by atoms with Gasteiger partial charge < -0.3 is 15.3 Å². The second kappa shape index (κ2) is 9.32. The number of nitrogen functional groups attached to an aromatic ring is 1. The first kappa shape index (κ1) is 22.8. The molecule has 178 valence electrons. The van der Waals surface area contributed by atoms with Crippen LogP contribution in [0.25, 0.3) is 22.1 Å². The van der Waals surface area contributed by atoms with Crippen LogP contribution < -0.4 is 10.5 Å². The Labute approximate surface area is 202 Å². The average Bonchev–Trinajstić information content (AvgIpc) is 3.39. The molecule has 10 heteroatoms. The number of nitrogens with one attached hydrogen (secondary N) is 3. The lowest BCUT2D eigenvalue weighted by molar-refractivity contribution is 0.571. The van der Waals surface area contributed by atoms with Gasteiger partial charge in [-0.25, -0.2) is 23.1 Å². The summed E-state index contributed by atoms with van der Waals surface area (Å²) in [5.74, 6) is 1.43. The fourth-order valence-corrected chi connectivity index (χ4v) is 5.26. The summed E-state index contributed by atoms with van der Waals surface area (Å²) in [5, 5.41) is 7.64. The van der Waals surface area contributed by atoms with Gasteiger partial charge in [0, 0.05) is 18.7 Å². The van der Waals surface area contributed by atoms with Crippen molar-refractivity contribution < 1.29 is 8.42 Å². The number of imidazole rings is 2. The summed E-state index contributed by atoms with van der Waals surface area (Å²) >= 11 is 0. The van der Waals surface area contributed by atoms with Crippen LogP contribution in [0.4, 0.5) is 0 Å². The molecule has 0 bridgehead atoms. The van der Waals surface area contributed by atoms with E-state index in [1.165, 1.54) is 0 Å². The first-order valence-electron chi connectivity index (χ1n) is 11.2. The number of benzene rings is 3. The normalized spacial score (nSPS) is 11.9. The van der Waals surface area contributed by atoms with Crippen LogP contribution in [-0.4, -0.2) is 40.3 Å². The monoisotopic (exact) mass is 487 g/mol. The van der Waals surface area contributed by atoms with Crippen molar-refractivity contribution in [2.75, 3.05) is 6.54 Å². The summed E-state index contributed by atoms with van der Waals surface area (Å²) < 4.78 is 29.9. The molecule has 5 aromatic rings. The maximum absolute atomic E-state index is 12.6. The molecule has 0 aliphatic carbocycles. The number of fused-ring (bicyclic) bond motifs is 2. The number of aromatic amines is 1. The van der Waals surface area contributed by atoms with Gasteiger partial charge in [0.15, 0.2) is 0 Å². The molecule has 35 heavy (non-hydrogen) atoms. The summed E-state index contributed by atoms with van der Waals surface area (Å²) in [6.07, 6.45) is 0.440. The van der Waals surface area contributed by atoms with Crippen LogP contribution in [0.2, 0.25) is 0 Å². The molecule has 2 heterocycles. The average molecular weight is 488 g/mol. The van der Waals surface area contributed by atoms with Crippen molar-refractivity contribution in [1.29, 1.82) is 5.41 Å². The number of nitrogens with two attached hydrogens (primary N) is 1. The SMILES string of the molecule is N=C(N)c1ccc2[nH]c(Cc3nc4ccccc4n3CCNS(=O)(=O)Cc3ccccc3)nc2c1. The molecule has 0 spiro atoms. The van der Waals surface area contributed by atoms with E-state index in [-0.39, 0.29) is 18.1 Å². The molecule has 3 aromatic carbocycles. The lowest BCUT2D eigenvalue weighted by atomic mass is 10.2. The Kier molecular flexibility index (Phi) is 6.06. The van der Waals surface area contributed by atoms with Crippen LogP contribution in [0.5, 0.6) is 0 Å². The Bertz CT molecular complexity index is 1620. The fraction of sp³-hybridized carbons (Fsp3) is 0.160. The highest BCUT2D eigenvalue weighted by molar-refractivity contribution is 7.88. The molecule has 0 radical (unpaired) electrons. The maximum atomic E-state index is 12.6. The predicted molar refractivity (Wildman–Crippen MR) is 137 cm³/mol. The topological polar surface area (TPSA) is 143 Å². The molecule has 5 N–H and O–H groups in total. The van der Waals surface area contributed by atoms with Gasteiger partial charge in [0.2, 0.25) is 10.0 Å². The Morgan fingerprint density at radius 1 is 1.00 bits per heavy atom. The van der Waals surface area contributed by atoms with Crippen LogP contribution >= 0.6 is 0 Å². The highest BCUT2D eigenvalue weighted by Crippen LogP contribution is 2.20. The molecule has 2 aromatic heterocycles. The molecule has 0 saturated heterocycles. The molecule has 0 fully saturated rings. The van der Waals surface area contributed by atoms with Crippen LogP contribution in [0.3, 0.4) is 0 Å². The van der Waals surface area contributed by atoms with Crippen molar-refractivity contribution in [1.82, 2.24) is 24.2 Å². The summed E-state index contributed by atoms with van der Waals surface area (Å²) in [6.45, 7) is 0.670. The first-order chi connectivity index (χ1) is 16.9. The lowest BCUT2D eigenvalue weighted by Crippen LogP contribution is -2.29. The minimum absolute atomic E-state index is 0.00652. The van der Waals surface area contributed by atoms with Crippen molar-refractivity contribution >= 4 is 37.9 Å². The smallest absolute Gasteiger partial charge is 0.215 e. The third-order valence-electron chi connectivity index (χ3n) is 5.76. The zero-order valence-electron chi connectivity index (χ0n) is 18.9. The molecular weight excluding hydrogens is 462 g/mol. The van der Waals surface area contributed by atoms with Crippen LogP contribution in [-0.2, 0) is 28.7 Å². The summed E-state index contributed by atoms with van der Waals surface area (Å²) in [4.78, 5) is 12.7. The highest BCUT2D eigenvalue weighted by Gasteiger charge is 2.16. The van der Waals surface area contributed by atoms with Crippen molar-refractivity contribution in [3.05, 3.63) is 95.6 Å². The van der Waals surface area contributed by atoms with E-state index < -0.39 is 10.0 Å². The van der Waals surface area contributed by atoms with Gasteiger partial charge in [0.05, 0.1) is 34.2 Å². The van der Waals surface area contributed by atoms with E-state index >= 15 is 0 Å². The Balaban J connectivity index is 1.37. The zero-order chi connectivity index (χ0) is 24.4. The largest absolute Gasteiger partial charge is 0.384 e. The van der Waals surface area contributed by atoms with Gasteiger partial charge in [-0.1, -0.05) is 42.5 Å². The molecule has 0 saturated carbocycles. The van der Waals surface area contributed by atoms with E-state index in [0.29, 0.717) is 18.5 Å². The lowest BCUT2D eigenvalue weighted by Gasteiger charge is -2.11. The number of nitrogens with zero attached hydrogens (tertiary/aromatic N) is 3. The quantitative estimate of drug-likeness (QED) is 0.187. The number of hydrogen-bond donors (Lipinski definition) is 4. The van der Waals surface area contributed by atoms with Gasteiger partial charge in [0.25, 0.3) is 0 Å². The van der Waals surface area contributed by atoms with Gasteiger partial charge >= 0.3 is 0 Å². The Morgan fingerprint density at radius 2 is 1.77 bits per heavy atom. The Hall–Kier alpha value is -4.02. The third kappa shape index (κ3) is 5.08. The van der Waals surface area contributed by atoms with Crippen molar-refractivity contribution in [2.45, 2.75) is 18.7 Å². The molecule has 0 atom stereocenters. The zero-order valence-corrected chi connectivity index (χ0v) is 19.7. The molecule has 0 aliphatic rings. The number of H-pyrrole nitrogens is 1. The van der Waals surface area contributed by atoms with Gasteiger partial charge in [-0.2, -0.15) is 0 Å². The van der Waals surface area contributed by atoms with Crippen LogP contribution in [0, 0.1) is 5.41 Å². The van der Waals surface area contributed by atoms with Crippen molar-refractivity contribution in [3.8, 4) is 0 Å². The minimum Gasteiger partial charge on any atom is -0.384 e. The molecule has 5 rings (SSSR count). The molecular formula is C25H25N7O2S. The third-order valence-corrected chi connectivity index (χ3v) is 7.12. The fourth-order valence-electron chi connectivity index (χ4n) is 4.13. The maximum Gasteiger partial charge on any atom is 0.215 e. The molecule has 0 aliphatic heterocycles. The van der Waals surface area contributed by atoms with E-state index in [1.807, 2.05) is 53.1 Å². The number of para-hydroxylation sites is 2.